The van der Waals surface area contributed by atoms with Crippen molar-refractivity contribution in [3.8, 4) is 0 Å². The van der Waals surface area contributed by atoms with Crippen LogP contribution < -0.4 is 5.32 Å². The van der Waals surface area contributed by atoms with E-state index in [1.165, 1.54) is 13.0 Å². The predicted molar refractivity (Wildman–Crippen MR) is 73.7 cm³/mol. The van der Waals surface area contributed by atoms with Gasteiger partial charge in [-0.05, 0) is 25.0 Å². The highest BCUT2D eigenvalue weighted by molar-refractivity contribution is 6.06. The molecule has 0 aliphatic rings. The summed E-state index contributed by atoms with van der Waals surface area (Å²) >= 11 is 0. The maximum atomic E-state index is 12.9. The van der Waals surface area contributed by atoms with Crippen LogP contribution >= 0.6 is 0 Å². The van der Waals surface area contributed by atoms with Crippen LogP contribution in [0.15, 0.2) is 18.3 Å². The molecule has 0 spiro atoms. The van der Waals surface area contributed by atoms with Crippen molar-refractivity contribution >= 4 is 17.8 Å². The normalized spacial score (nSPS) is 12.5. The molecule has 1 atom stereocenters. The Labute approximate surface area is 126 Å². The summed E-state index contributed by atoms with van der Waals surface area (Å²) in [5, 5.41) is 20.4. The number of nitrogens with one attached hydrogen (secondary N) is 1. The second-order valence-electron chi connectivity index (χ2n) is 4.72. The number of rotatable bonds is 7. The second-order valence-corrected chi connectivity index (χ2v) is 4.72. The van der Waals surface area contributed by atoms with Crippen LogP contribution in [-0.2, 0) is 14.4 Å². The molecule has 0 radical (unpaired) electrons. The summed E-state index contributed by atoms with van der Waals surface area (Å²) in [5.41, 5.74) is -2.16. The first-order chi connectivity index (χ1) is 10.3. The van der Waals surface area contributed by atoms with Gasteiger partial charge in [-0.15, -0.1) is 0 Å². The van der Waals surface area contributed by atoms with E-state index in [4.69, 9.17) is 10.2 Å². The molecule has 1 rings (SSSR count). The van der Waals surface area contributed by atoms with Crippen molar-refractivity contribution in [2.24, 2.45) is 0 Å². The van der Waals surface area contributed by atoms with Gasteiger partial charge in [0.25, 0.3) is 0 Å². The number of amides is 1. The van der Waals surface area contributed by atoms with Gasteiger partial charge in [0.2, 0.25) is 11.4 Å². The molecule has 0 saturated heterocycles. The lowest BCUT2D eigenvalue weighted by molar-refractivity contribution is -0.161. The van der Waals surface area contributed by atoms with Gasteiger partial charge in [0.1, 0.15) is 5.82 Å². The molecule has 7 nitrogen and oxygen atoms in total. The molecule has 1 amide bonds. The second kappa shape index (κ2) is 6.97. The number of aromatic nitrogens is 1. The average Bonchev–Trinajstić information content (AvgIpc) is 2.46. The van der Waals surface area contributed by atoms with Crippen molar-refractivity contribution < 1.29 is 29.0 Å². The van der Waals surface area contributed by atoms with E-state index in [-0.39, 0.29) is 18.5 Å². The van der Waals surface area contributed by atoms with Gasteiger partial charge < -0.3 is 15.5 Å². The Balaban J connectivity index is 3.08. The van der Waals surface area contributed by atoms with Gasteiger partial charge in [-0.1, -0.05) is 13.8 Å². The first-order valence-electron chi connectivity index (χ1n) is 6.68. The lowest BCUT2D eigenvalue weighted by Crippen LogP contribution is -2.60. The van der Waals surface area contributed by atoms with Crippen LogP contribution in [0.2, 0.25) is 0 Å². The number of pyridine rings is 1. The Hall–Kier alpha value is -2.51. The summed E-state index contributed by atoms with van der Waals surface area (Å²) < 4.78 is 12.9. The lowest BCUT2D eigenvalue weighted by atomic mass is 9.93. The molecule has 22 heavy (non-hydrogen) atoms. The number of carboxylic acids is 2. The van der Waals surface area contributed by atoms with Crippen molar-refractivity contribution in [3.63, 3.8) is 0 Å². The van der Waals surface area contributed by atoms with E-state index < -0.39 is 35.1 Å². The number of aliphatic carboxylic acids is 2. The molecule has 1 aromatic heterocycles. The Morgan fingerprint density at radius 1 is 1.27 bits per heavy atom. The zero-order chi connectivity index (χ0) is 16.9. The van der Waals surface area contributed by atoms with E-state index in [0.29, 0.717) is 0 Å². The molecule has 1 unspecified atom stereocenters. The van der Waals surface area contributed by atoms with Crippen LogP contribution in [0, 0.1) is 5.82 Å². The Kier molecular flexibility index (Phi) is 5.56. The van der Waals surface area contributed by atoms with Crippen LogP contribution in [0.5, 0.6) is 0 Å². The van der Waals surface area contributed by atoms with Crippen LogP contribution in [0.1, 0.15) is 38.3 Å². The number of hydrogen-bond acceptors (Lipinski definition) is 4. The number of carboxylic acid groups (broad SMARTS) is 2. The van der Waals surface area contributed by atoms with Gasteiger partial charge in [0, 0.05) is 0 Å². The highest BCUT2D eigenvalue weighted by atomic mass is 19.1. The van der Waals surface area contributed by atoms with E-state index in [2.05, 4.69) is 10.3 Å². The minimum Gasteiger partial charge on any atom is -0.479 e. The van der Waals surface area contributed by atoms with Gasteiger partial charge in [0.15, 0.2) is 0 Å². The van der Waals surface area contributed by atoms with E-state index in [1.54, 1.807) is 6.92 Å². The molecule has 1 aromatic rings. The average molecular weight is 312 g/mol. The van der Waals surface area contributed by atoms with Gasteiger partial charge >= 0.3 is 11.9 Å². The lowest BCUT2D eigenvalue weighted by Gasteiger charge is -2.26. The number of carbonyl (C=O) groups excluding carboxylic acids is 1. The van der Waals surface area contributed by atoms with Crippen LogP contribution in [0.3, 0.4) is 0 Å². The van der Waals surface area contributed by atoms with E-state index >= 15 is 0 Å². The molecule has 0 bridgehead atoms. The number of carbonyl (C=O) groups is 3. The van der Waals surface area contributed by atoms with Crippen LogP contribution in [0.25, 0.3) is 0 Å². The van der Waals surface area contributed by atoms with Gasteiger partial charge in [0.05, 0.1) is 17.8 Å². The number of halogens is 1. The molecule has 0 aliphatic heterocycles. The van der Waals surface area contributed by atoms with Gasteiger partial charge in [-0.2, -0.15) is 0 Å². The molecular formula is C14H17FN2O5. The zero-order valence-corrected chi connectivity index (χ0v) is 12.2. The minimum absolute atomic E-state index is 0.238. The predicted octanol–water partition coefficient (Wildman–Crippen LogP) is 1.15. The number of nitrogens with zero attached hydrogens (tertiary/aromatic N) is 1. The Morgan fingerprint density at radius 3 is 2.23 bits per heavy atom. The summed E-state index contributed by atoms with van der Waals surface area (Å²) in [7, 11) is 0. The smallest absolute Gasteiger partial charge is 0.341 e. The SMILES string of the molecule is CCC(C(=O)NC(CC)(C(=O)O)C(=O)O)c1ccc(F)cn1. The van der Waals surface area contributed by atoms with Crippen molar-refractivity contribution in [2.45, 2.75) is 38.1 Å². The molecule has 0 fully saturated rings. The maximum Gasteiger partial charge on any atom is 0.341 e. The molecule has 0 saturated carbocycles. The largest absolute Gasteiger partial charge is 0.479 e. The fourth-order valence-electron chi connectivity index (χ4n) is 2.01. The van der Waals surface area contributed by atoms with Crippen LogP contribution in [0.4, 0.5) is 4.39 Å². The standard InChI is InChI=1S/C14H17FN2O5/c1-3-9(10-6-5-8(15)7-16-10)11(18)17-14(4-2,12(19)20)13(21)22/h5-7,9H,3-4H2,1-2H3,(H,17,18)(H,19,20)(H,21,22). The zero-order valence-electron chi connectivity index (χ0n) is 12.2. The number of hydrogen-bond donors (Lipinski definition) is 3. The minimum atomic E-state index is -2.40. The summed E-state index contributed by atoms with van der Waals surface area (Å²) in [6, 6.07) is 2.43. The molecule has 120 valence electrons. The highest BCUT2D eigenvalue weighted by Crippen LogP contribution is 2.20. The van der Waals surface area contributed by atoms with E-state index in [9.17, 15) is 18.8 Å². The van der Waals surface area contributed by atoms with Crippen LogP contribution in [-0.4, -0.2) is 38.6 Å². The molecular weight excluding hydrogens is 295 g/mol. The first-order valence-corrected chi connectivity index (χ1v) is 6.68. The topological polar surface area (TPSA) is 117 Å². The van der Waals surface area contributed by atoms with Crippen molar-refractivity contribution in [3.05, 3.63) is 29.8 Å². The summed E-state index contributed by atoms with van der Waals surface area (Å²) in [6.07, 6.45) is 0.868. The molecule has 0 aliphatic carbocycles. The Bertz CT molecular complexity index is 559. The van der Waals surface area contributed by atoms with Crippen molar-refractivity contribution in [2.75, 3.05) is 0 Å². The summed E-state index contributed by atoms with van der Waals surface area (Å²) in [4.78, 5) is 38.6. The van der Waals surface area contributed by atoms with E-state index in [1.807, 2.05) is 0 Å². The third kappa shape index (κ3) is 3.38. The molecule has 8 heteroatoms. The third-order valence-corrected chi connectivity index (χ3v) is 3.43. The fourth-order valence-corrected chi connectivity index (χ4v) is 2.01. The maximum absolute atomic E-state index is 12.9. The molecule has 0 aromatic carbocycles. The van der Waals surface area contributed by atoms with Gasteiger partial charge in [-0.25, -0.2) is 14.0 Å². The van der Waals surface area contributed by atoms with Crippen molar-refractivity contribution in [1.82, 2.24) is 10.3 Å². The fraction of sp³-hybridized carbons (Fsp3) is 0.429. The monoisotopic (exact) mass is 312 g/mol. The van der Waals surface area contributed by atoms with Gasteiger partial charge in [-0.3, -0.25) is 9.78 Å². The molecule has 3 N–H and O–H groups in total. The summed E-state index contributed by atoms with van der Waals surface area (Å²) in [5.74, 6) is -5.54. The quantitative estimate of drug-likeness (QED) is 0.650. The Morgan fingerprint density at radius 2 is 1.86 bits per heavy atom. The first kappa shape index (κ1) is 17.5. The summed E-state index contributed by atoms with van der Waals surface area (Å²) in [6.45, 7) is 3.00. The van der Waals surface area contributed by atoms with Crippen molar-refractivity contribution in [1.29, 1.82) is 0 Å². The highest BCUT2D eigenvalue weighted by Gasteiger charge is 2.47. The molecule has 1 heterocycles. The third-order valence-electron chi connectivity index (χ3n) is 3.43. The van der Waals surface area contributed by atoms with E-state index in [0.717, 1.165) is 12.3 Å².